The molecule has 4 aromatic rings. The summed E-state index contributed by atoms with van der Waals surface area (Å²) < 4.78 is 12.1. The number of piperazine rings is 1. The van der Waals surface area contributed by atoms with Crippen LogP contribution in [0.2, 0.25) is 0 Å². The molecule has 0 bridgehead atoms. The largest absolute Gasteiger partial charge is 0.473 e. The Balaban J connectivity index is 1.37. The highest BCUT2D eigenvalue weighted by molar-refractivity contribution is 5.67. The zero-order valence-electron chi connectivity index (χ0n) is 19.1. The Hall–Kier alpha value is -3.90. The van der Waals surface area contributed by atoms with Crippen molar-refractivity contribution in [3.05, 3.63) is 102 Å². The van der Waals surface area contributed by atoms with E-state index in [1.165, 1.54) is 0 Å². The smallest absolute Gasteiger partial charge is 0.226 e. The highest BCUT2D eigenvalue weighted by Gasteiger charge is 2.15. The van der Waals surface area contributed by atoms with Crippen LogP contribution in [-0.4, -0.2) is 36.1 Å². The lowest BCUT2D eigenvalue weighted by Gasteiger charge is -2.29. The maximum absolute atomic E-state index is 6.17. The second-order valence-corrected chi connectivity index (χ2v) is 8.19. The summed E-state index contributed by atoms with van der Waals surface area (Å²) in [5, 5.41) is 3.38. The lowest BCUT2D eigenvalue weighted by molar-refractivity contribution is 0.268. The molecule has 1 aliphatic heterocycles. The van der Waals surface area contributed by atoms with Gasteiger partial charge in [-0.15, -0.1) is 0 Å². The van der Waals surface area contributed by atoms with Gasteiger partial charge in [0.2, 0.25) is 11.8 Å². The number of pyridine rings is 2. The number of aromatic nitrogens is 2. The van der Waals surface area contributed by atoms with Crippen molar-refractivity contribution in [1.29, 1.82) is 0 Å². The van der Waals surface area contributed by atoms with Gasteiger partial charge >= 0.3 is 0 Å². The van der Waals surface area contributed by atoms with E-state index in [2.05, 4.69) is 21.3 Å². The predicted molar refractivity (Wildman–Crippen MR) is 134 cm³/mol. The minimum Gasteiger partial charge on any atom is -0.473 e. The van der Waals surface area contributed by atoms with Crippen LogP contribution in [0.4, 0.5) is 5.69 Å². The van der Waals surface area contributed by atoms with Crippen LogP contribution >= 0.6 is 0 Å². The molecule has 0 saturated carbocycles. The van der Waals surface area contributed by atoms with Crippen molar-refractivity contribution in [3.63, 3.8) is 0 Å². The SMILES string of the molecule is c1ccc(COc2ccc(-c3ccc(N4CCNCC4)cn3)c(OCc3ccccc3)n2)cc1. The normalized spacial score (nSPS) is 13.5. The molecule has 1 saturated heterocycles. The molecule has 1 N–H and O–H groups in total. The first-order chi connectivity index (χ1) is 16.8. The van der Waals surface area contributed by atoms with Gasteiger partial charge in [-0.25, -0.2) is 0 Å². The van der Waals surface area contributed by atoms with Crippen molar-refractivity contribution >= 4 is 5.69 Å². The zero-order valence-corrected chi connectivity index (χ0v) is 19.1. The molecule has 2 aromatic carbocycles. The fourth-order valence-corrected chi connectivity index (χ4v) is 3.92. The summed E-state index contributed by atoms with van der Waals surface area (Å²) in [4.78, 5) is 11.8. The first-order valence-electron chi connectivity index (χ1n) is 11.6. The molecule has 2 aromatic heterocycles. The third kappa shape index (κ3) is 5.53. The molecule has 0 radical (unpaired) electrons. The van der Waals surface area contributed by atoms with E-state index >= 15 is 0 Å². The Morgan fingerprint density at radius 3 is 2.06 bits per heavy atom. The van der Waals surface area contributed by atoms with Gasteiger partial charge in [-0.2, -0.15) is 4.98 Å². The van der Waals surface area contributed by atoms with Gasteiger partial charge in [0.05, 0.1) is 23.1 Å². The van der Waals surface area contributed by atoms with Crippen molar-refractivity contribution in [1.82, 2.24) is 15.3 Å². The molecule has 5 rings (SSSR count). The molecule has 1 fully saturated rings. The third-order valence-corrected chi connectivity index (χ3v) is 5.79. The number of benzene rings is 2. The van der Waals surface area contributed by atoms with Gasteiger partial charge in [-0.3, -0.25) is 4.98 Å². The summed E-state index contributed by atoms with van der Waals surface area (Å²) in [6, 6.07) is 28.1. The lowest BCUT2D eigenvalue weighted by Crippen LogP contribution is -2.43. The number of hydrogen-bond acceptors (Lipinski definition) is 6. The number of hydrogen-bond donors (Lipinski definition) is 1. The van der Waals surface area contributed by atoms with Gasteiger partial charge in [0.1, 0.15) is 13.2 Å². The highest BCUT2D eigenvalue weighted by atomic mass is 16.5. The van der Waals surface area contributed by atoms with Crippen molar-refractivity contribution in [2.24, 2.45) is 0 Å². The molecule has 172 valence electrons. The zero-order chi connectivity index (χ0) is 23.0. The van der Waals surface area contributed by atoms with Crippen LogP contribution in [-0.2, 0) is 13.2 Å². The van der Waals surface area contributed by atoms with Gasteiger partial charge in [0.15, 0.2) is 0 Å². The van der Waals surface area contributed by atoms with E-state index in [0.717, 1.165) is 54.3 Å². The van der Waals surface area contributed by atoms with E-state index in [1.807, 2.05) is 85.1 Å². The topological polar surface area (TPSA) is 59.5 Å². The van der Waals surface area contributed by atoms with Crippen LogP contribution in [0.1, 0.15) is 11.1 Å². The highest BCUT2D eigenvalue weighted by Crippen LogP contribution is 2.31. The van der Waals surface area contributed by atoms with Crippen LogP contribution in [0, 0.1) is 0 Å². The van der Waals surface area contributed by atoms with Gasteiger partial charge in [0.25, 0.3) is 0 Å². The lowest BCUT2D eigenvalue weighted by atomic mass is 10.1. The molecule has 3 heterocycles. The molecule has 0 atom stereocenters. The molecule has 6 heteroatoms. The van der Waals surface area contributed by atoms with E-state index in [9.17, 15) is 0 Å². The van der Waals surface area contributed by atoms with E-state index in [1.54, 1.807) is 0 Å². The first-order valence-corrected chi connectivity index (χ1v) is 11.6. The minimum atomic E-state index is 0.418. The van der Waals surface area contributed by atoms with Crippen molar-refractivity contribution < 1.29 is 9.47 Å². The number of rotatable bonds is 8. The van der Waals surface area contributed by atoms with Crippen molar-refractivity contribution in [2.45, 2.75) is 13.2 Å². The standard InChI is InChI=1S/C28H28N4O2/c1-3-7-22(8-4-1)20-33-27-14-12-25(28(31-27)34-21-23-9-5-2-6-10-23)26-13-11-24(19-30-26)32-17-15-29-16-18-32/h1-14,19,29H,15-18,20-21H2. The summed E-state index contributed by atoms with van der Waals surface area (Å²) in [5.41, 5.74) is 4.96. The summed E-state index contributed by atoms with van der Waals surface area (Å²) in [7, 11) is 0. The van der Waals surface area contributed by atoms with Crippen molar-refractivity contribution in [2.75, 3.05) is 31.1 Å². The Bertz CT molecular complexity index is 1180. The molecule has 6 nitrogen and oxygen atoms in total. The van der Waals surface area contributed by atoms with Crippen LogP contribution in [0.5, 0.6) is 11.8 Å². The average molecular weight is 453 g/mol. The van der Waals surface area contributed by atoms with Gasteiger partial charge in [-0.05, 0) is 29.3 Å². The Morgan fingerprint density at radius 2 is 1.41 bits per heavy atom. The summed E-state index contributed by atoms with van der Waals surface area (Å²) in [6.07, 6.45) is 1.93. The summed E-state index contributed by atoms with van der Waals surface area (Å²) >= 11 is 0. The van der Waals surface area contributed by atoms with Gasteiger partial charge < -0.3 is 19.7 Å². The Morgan fingerprint density at radius 1 is 0.735 bits per heavy atom. The predicted octanol–water partition coefficient (Wildman–Crippen LogP) is 4.71. The van der Waals surface area contributed by atoms with E-state index in [4.69, 9.17) is 14.5 Å². The molecule has 0 unspecified atom stereocenters. The summed E-state index contributed by atoms with van der Waals surface area (Å²) in [5.74, 6) is 1.03. The molecule has 0 aliphatic carbocycles. The molecule has 34 heavy (non-hydrogen) atoms. The van der Waals surface area contributed by atoms with Crippen LogP contribution < -0.4 is 19.7 Å². The number of ether oxygens (including phenoxy) is 2. The van der Waals surface area contributed by atoms with E-state index < -0.39 is 0 Å². The van der Waals surface area contributed by atoms with Crippen LogP contribution in [0.25, 0.3) is 11.3 Å². The Kier molecular flexibility index (Phi) is 6.97. The van der Waals surface area contributed by atoms with Crippen LogP contribution in [0.3, 0.4) is 0 Å². The maximum Gasteiger partial charge on any atom is 0.226 e. The Labute approximate surface area is 200 Å². The summed E-state index contributed by atoms with van der Waals surface area (Å²) in [6.45, 7) is 4.83. The van der Waals surface area contributed by atoms with Crippen molar-refractivity contribution in [3.8, 4) is 23.0 Å². The van der Waals surface area contributed by atoms with E-state index in [0.29, 0.717) is 25.0 Å². The van der Waals surface area contributed by atoms with Crippen LogP contribution in [0.15, 0.2) is 91.1 Å². The molecular formula is C28H28N4O2. The van der Waals surface area contributed by atoms with Gasteiger partial charge in [0, 0.05) is 32.2 Å². The monoisotopic (exact) mass is 452 g/mol. The average Bonchev–Trinajstić information content (AvgIpc) is 2.92. The quantitative estimate of drug-likeness (QED) is 0.418. The first kappa shape index (κ1) is 21.9. The number of anilines is 1. The molecule has 0 spiro atoms. The molecular weight excluding hydrogens is 424 g/mol. The van der Waals surface area contributed by atoms with E-state index in [-0.39, 0.29) is 0 Å². The number of nitrogens with zero attached hydrogens (tertiary/aromatic N) is 3. The molecule has 1 aliphatic rings. The fraction of sp³-hybridized carbons (Fsp3) is 0.214. The second kappa shape index (κ2) is 10.8. The van der Waals surface area contributed by atoms with Gasteiger partial charge in [-0.1, -0.05) is 60.7 Å². The minimum absolute atomic E-state index is 0.418. The third-order valence-electron chi connectivity index (χ3n) is 5.79. The molecule has 0 amide bonds. The fourth-order valence-electron chi connectivity index (χ4n) is 3.92. The number of nitrogens with one attached hydrogen (secondary N) is 1. The maximum atomic E-state index is 6.17. The second-order valence-electron chi connectivity index (χ2n) is 8.19.